The van der Waals surface area contributed by atoms with Gasteiger partial charge in [0.2, 0.25) is 11.8 Å². The van der Waals surface area contributed by atoms with Crippen LogP contribution in [0.2, 0.25) is 0 Å². The first-order valence-electron chi connectivity index (χ1n) is 9.73. The molecule has 4 aromatic rings. The van der Waals surface area contributed by atoms with E-state index in [1.807, 2.05) is 72.8 Å². The van der Waals surface area contributed by atoms with E-state index in [1.165, 1.54) is 0 Å². The van der Waals surface area contributed by atoms with Crippen LogP contribution >= 0.6 is 11.8 Å². The Morgan fingerprint density at radius 1 is 0.871 bits per heavy atom. The molecule has 1 heterocycles. The lowest BCUT2D eigenvalue weighted by Crippen LogP contribution is -2.03. The van der Waals surface area contributed by atoms with Crippen molar-refractivity contribution in [3.05, 3.63) is 84.3 Å². The van der Waals surface area contributed by atoms with Crippen molar-refractivity contribution in [2.24, 2.45) is 0 Å². The van der Waals surface area contributed by atoms with Crippen molar-refractivity contribution in [1.29, 1.82) is 0 Å². The van der Waals surface area contributed by atoms with E-state index < -0.39 is 0 Å². The van der Waals surface area contributed by atoms with Gasteiger partial charge in [-0.25, -0.2) is 0 Å². The number of methoxy groups -OCH3 is 1. The van der Waals surface area contributed by atoms with Crippen molar-refractivity contribution in [3.8, 4) is 23.0 Å². The highest BCUT2D eigenvalue weighted by molar-refractivity contribution is 7.99. The van der Waals surface area contributed by atoms with Crippen molar-refractivity contribution in [1.82, 2.24) is 10.2 Å². The molecule has 0 saturated carbocycles. The summed E-state index contributed by atoms with van der Waals surface area (Å²) in [5, 5.41) is 8.18. The standard InChI is InChI=1S/C24H22N2O4S/c1-17-25-26-24(30-17)20-13-21(29-16-27-2)22(28-15-18-9-5-3-6-10-18)14-23(20)31-19-11-7-4-8-12-19/h3-14H,15-16H2,1-2H3. The highest BCUT2D eigenvalue weighted by atomic mass is 32.2. The number of aryl methyl sites for hydroxylation is 1. The molecule has 0 spiro atoms. The minimum absolute atomic E-state index is 0.0924. The topological polar surface area (TPSA) is 66.6 Å². The minimum atomic E-state index is 0.0924. The van der Waals surface area contributed by atoms with Gasteiger partial charge in [0.15, 0.2) is 18.3 Å². The van der Waals surface area contributed by atoms with Crippen molar-refractivity contribution in [2.45, 2.75) is 23.3 Å². The summed E-state index contributed by atoms with van der Waals surface area (Å²) in [4.78, 5) is 2.00. The minimum Gasteiger partial charge on any atom is -0.485 e. The average Bonchev–Trinajstić information content (AvgIpc) is 3.24. The molecule has 0 atom stereocenters. The normalized spacial score (nSPS) is 10.8. The third-order valence-electron chi connectivity index (χ3n) is 4.34. The predicted molar refractivity (Wildman–Crippen MR) is 118 cm³/mol. The molecule has 0 unspecified atom stereocenters. The lowest BCUT2D eigenvalue weighted by Gasteiger charge is -2.16. The van der Waals surface area contributed by atoms with E-state index in [0.29, 0.717) is 29.9 Å². The fourth-order valence-corrected chi connectivity index (χ4v) is 3.87. The molecule has 158 valence electrons. The number of hydrogen-bond donors (Lipinski definition) is 0. The Morgan fingerprint density at radius 3 is 2.26 bits per heavy atom. The summed E-state index contributed by atoms with van der Waals surface area (Å²) in [6, 6.07) is 23.9. The van der Waals surface area contributed by atoms with E-state index in [-0.39, 0.29) is 6.79 Å². The summed E-state index contributed by atoms with van der Waals surface area (Å²) >= 11 is 1.59. The molecule has 0 N–H and O–H groups in total. The molecule has 0 bridgehead atoms. The van der Waals surface area contributed by atoms with E-state index in [0.717, 1.165) is 20.9 Å². The van der Waals surface area contributed by atoms with Crippen LogP contribution in [-0.2, 0) is 11.3 Å². The van der Waals surface area contributed by atoms with Crippen LogP contribution in [0.15, 0.2) is 87.0 Å². The van der Waals surface area contributed by atoms with E-state index in [2.05, 4.69) is 10.2 Å². The highest BCUT2D eigenvalue weighted by Gasteiger charge is 2.19. The molecule has 3 aromatic carbocycles. The second-order valence-corrected chi connectivity index (χ2v) is 7.78. The molecule has 0 aliphatic carbocycles. The zero-order chi connectivity index (χ0) is 21.5. The fraction of sp³-hybridized carbons (Fsp3) is 0.167. The second kappa shape index (κ2) is 10.1. The monoisotopic (exact) mass is 434 g/mol. The van der Waals surface area contributed by atoms with Crippen molar-refractivity contribution in [3.63, 3.8) is 0 Å². The number of rotatable bonds is 9. The van der Waals surface area contributed by atoms with Crippen LogP contribution in [0, 0.1) is 6.92 Å². The molecule has 0 fully saturated rings. The van der Waals surface area contributed by atoms with Gasteiger partial charge in [0, 0.05) is 23.8 Å². The number of aromatic nitrogens is 2. The summed E-state index contributed by atoms with van der Waals surface area (Å²) in [6.07, 6.45) is 0. The number of ether oxygens (including phenoxy) is 3. The molecule has 0 saturated heterocycles. The largest absolute Gasteiger partial charge is 0.485 e. The predicted octanol–water partition coefficient (Wildman–Crippen LogP) is 5.76. The quantitative estimate of drug-likeness (QED) is 0.310. The van der Waals surface area contributed by atoms with Crippen molar-refractivity contribution >= 4 is 11.8 Å². The summed E-state index contributed by atoms with van der Waals surface area (Å²) < 4.78 is 22.8. The third-order valence-corrected chi connectivity index (χ3v) is 5.41. The zero-order valence-electron chi connectivity index (χ0n) is 17.3. The van der Waals surface area contributed by atoms with Crippen LogP contribution in [-0.4, -0.2) is 24.1 Å². The van der Waals surface area contributed by atoms with Gasteiger partial charge in [0.1, 0.15) is 6.61 Å². The Morgan fingerprint density at radius 2 is 1.58 bits per heavy atom. The van der Waals surface area contributed by atoms with Gasteiger partial charge >= 0.3 is 0 Å². The molecule has 31 heavy (non-hydrogen) atoms. The van der Waals surface area contributed by atoms with Gasteiger partial charge in [-0.2, -0.15) is 0 Å². The molecule has 0 aliphatic heterocycles. The third kappa shape index (κ3) is 5.45. The Kier molecular flexibility index (Phi) is 6.86. The summed E-state index contributed by atoms with van der Waals surface area (Å²) in [7, 11) is 1.58. The molecule has 0 aliphatic rings. The smallest absolute Gasteiger partial charge is 0.249 e. The fourth-order valence-electron chi connectivity index (χ4n) is 2.90. The number of benzene rings is 3. The molecule has 0 amide bonds. The maximum Gasteiger partial charge on any atom is 0.249 e. The number of nitrogens with zero attached hydrogens (tertiary/aromatic N) is 2. The summed E-state index contributed by atoms with van der Waals surface area (Å²) in [5.41, 5.74) is 1.83. The molecular formula is C24H22N2O4S. The first-order valence-corrected chi connectivity index (χ1v) is 10.5. The van der Waals surface area contributed by atoms with Crippen LogP contribution in [0.1, 0.15) is 11.5 Å². The molecule has 4 rings (SSSR count). The maximum absolute atomic E-state index is 6.13. The van der Waals surface area contributed by atoms with Gasteiger partial charge in [0.25, 0.3) is 0 Å². The first kappa shape index (κ1) is 21.0. The van der Waals surface area contributed by atoms with E-state index >= 15 is 0 Å². The first-order chi connectivity index (χ1) is 15.2. The Bertz CT molecular complexity index is 1120. The highest BCUT2D eigenvalue weighted by Crippen LogP contribution is 2.43. The van der Waals surface area contributed by atoms with Crippen LogP contribution in [0.3, 0.4) is 0 Å². The molecule has 6 nitrogen and oxygen atoms in total. The lowest BCUT2D eigenvalue weighted by molar-refractivity contribution is 0.0483. The van der Waals surface area contributed by atoms with E-state index in [1.54, 1.807) is 25.8 Å². The zero-order valence-corrected chi connectivity index (χ0v) is 18.1. The van der Waals surface area contributed by atoms with Crippen LogP contribution in [0.4, 0.5) is 0 Å². The molecular weight excluding hydrogens is 412 g/mol. The van der Waals surface area contributed by atoms with Gasteiger partial charge in [-0.1, -0.05) is 60.3 Å². The van der Waals surface area contributed by atoms with Crippen molar-refractivity contribution < 1.29 is 18.6 Å². The van der Waals surface area contributed by atoms with Gasteiger partial charge in [-0.15, -0.1) is 10.2 Å². The Hall–Kier alpha value is -3.29. The van der Waals surface area contributed by atoms with Crippen LogP contribution < -0.4 is 9.47 Å². The Labute approximate surface area is 185 Å². The average molecular weight is 435 g/mol. The van der Waals surface area contributed by atoms with Gasteiger partial charge in [0.05, 0.1) is 5.56 Å². The van der Waals surface area contributed by atoms with E-state index in [4.69, 9.17) is 18.6 Å². The molecule has 1 aromatic heterocycles. The van der Waals surface area contributed by atoms with Crippen molar-refractivity contribution in [2.75, 3.05) is 13.9 Å². The maximum atomic E-state index is 6.13. The summed E-state index contributed by atoms with van der Waals surface area (Å²) in [5.74, 6) is 2.07. The lowest BCUT2D eigenvalue weighted by atomic mass is 10.2. The van der Waals surface area contributed by atoms with Gasteiger partial charge in [-0.3, -0.25) is 0 Å². The van der Waals surface area contributed by atoms with Gasteiger partial charge < -0.3 is 18.6 Å². The van der Waals surface area contributed by atoms with Crippen LogP contribution in [0.5, 0.6) is 11.5 Å². The molecule has 7 heteroatoms. The van der Waals surface area contributed by atoms with Gasteiger partial charge in [-0.05, 0) is 29.8 Å². The Balaban J connectivity index is 1.73. The summed E-state index contributed by atoms with van der Waals surface area (Å²) in [6.45, 7) is 2.27. The van der Waals surface area contributed by atoms with Crippen LogP contribution in [0.25, 0.3) is 11.5 Å². The second-order valence-electron chi connectivity index (χ2n) is 6.66. The molecule has 0 radical (unpaired) electrons. The number of hydrogen-bond acceptors (Lipinski definition) is 7. The SMILES string of the molecule is COCOc1cc(-c2nnc(C)o2)c(Sc2ccccc2)cc1OCc1ccccc1. The van der Waals surface area contributed by atoms with E-state index in [9.17, 15) is 0 Å².